The van der Waals surface area contributed by atoms with Crippen LogP contribution >= 0.6 is 12.2 Å². The molecule has 0 saturated carbocycles. The molecule has 0 aliphatic carbocycles. The van der Waals surface area contributed by atoms with Gasteiger partial charge in [0, 0.05) is 12.7 Å². The van der Waals surface area contributed by atoms with Crippen molar-refractivity contribution in [3.63, 3.8) is 0 Å². The molecule has 0 unspecified atom stereocenters. The van der Waals surface area contributed by atoms with E-state index >= 15 is 0 Å². The lowest BCUT2D eigenvalue weighted by molar-refractivity contribution is 0.873. The molecule has 0 spiro atoms. The van der Waals surface area contributed by atoms with Gasteiger partial charge in [0.15, 0.2) is 5.11 Å². The van der Waals surface area contributed by atoms with E-state index in [0.717, 1.165) is 24.3 Å². The molecule has 1 aromatic carbocycles. The molecule has 2 N–H and O–H groups in total. The minimum Gasteiger partial charge on any atom is -0.362 e. The maximum absolute atomic E-state index is 5.25. The summed E-state index contributed by atoms with van der Waals surface area (Å²) in [6, 6.07) is 14.2. The minimum absolute atomic E-state index is 0.609. The van der Waals surface area contributed by atoms with Crippen molar-refractivity contribution in [3.8, 4) is 0 Å². The number of hydrogen-bond donors (Lipinski definition) is 2. The van der Waals surface area contributed by atoms with E-state index < -0.39 is 0 Å². The van der Waals surface area contributed by atoms with Crippen molar-refractivity contribution in [2.45, 2.75) is 13.3 Å². The zero-order valence-electron chi connectivity index (χ0n) is 10.9. The molecule has 0 radical (unpaired) electrons. The van der Waals surface area contributed by atoms with Crippen LogP contribution in [0, 0.1) is 6.92 Å². The number of hydrogen-bond acceptors (Lipinski definition) is 2. The summed E-state index contributed by atoms with van der Waals surface area (Å²) in [4.78, 5) is 4.25. The fourth-order valence-electron chi connectivity index (χ4n) is 1.73. The second-order valence-electron chi connectivity index (χ2n) is 4.29. The first-order chi connectivity index (χ1) is 9.25. The van der Waals surface area contributed by atoms with E-state index in [4.69, 9.17) is 12.2 Å². The Morgan fingerprint density at radius 3 is 2.68 bits per heavy atom. The Morgan fingerprint density at radius 1 is 1.16 bits per heavy atom. The van der Waals surface area contributed by atoms with Crippen LogP contribution in [0.25, 0.3) is 0 Å². The fourth-order valence-corrected chi connectivity index (χ4v) is 1.93. The van der Waals surface area contributed by atoms with Crippen molar-refractivity contribution in [1.82, 2.24) is 10.3 Å². The summed E-state index contributed by atoms with van der Waals surface area (Å²) in [6.45, 7) is 2.81. The quantitative estimate of drug-likeness (QED) is 0.838. The maximum Gasteiger partial charge on any atom is 0.171 e. The molecule has 4 heteroatoms. The number of anilines is 1. The molecule has 98 valence electrons. The predicted octanol–water partition coefficient (Wildman–Crippen LogP) is 2.92. The van der Waals surface area contributed by atoms with Crippen molar-refractivity contribution >= 4 is 23.1 Å². The number of nitrogens with zero attached hydrogens (tertiary/aromatic N) is 1. The Morgan fingerprint density at radius 2 is 1.95 bits per heavy atom. The van der Waals surface area contributed by atoms with Gasteiger partial charge in [0.1, 0.15) is 5.82 Å². The second-order valence-corrected chi connectivity index (χ2v) is 4.69. The summed E-state index contributed by atoms with van der Waals surface area (Å²) in [7, 11) is 0. The molecule has 0 saturated heterocycles. The van der Waals surface area contributed by atoms with Crippen LogP contribution in [0.2, 0.25) is 0 Å². The predicted molar refractivity (Wildman–Crippen MR) is 83.3 cm³/mol. The van der Waals surface area contributed by atoms with Crippen molar-refractivity contribution in [1.29, 1.82) is 0 Å². The first-order valence-corrected chi connectivity index (χ1v) is 6.67. The van der Waals surface area contributed by atoms with Crippen LogP contribution in [0.3, 0.4) is 0 Å². The molecule has 1 heterocycles. The topological polar surface area (TPSA) is 37.0 Å². The van der Waals surface area contributed by atoms with Gasteiger partial charge in [0.05, 0.1) is 0 Å². The van der Waals surface area contributed by atoms with E-state index in [1.807, 2.05) is 37.3 Å². The van der Waals surface area contributed by atoms with Gasteiger partial charge in [-0.2, -0.15) is 0 Å². The molecule has 2 aromatic rings. The number of aryl methyl sites for hydroxylation is 1. The van der Waals surface area contributed by atoms with Gasteiger partial charge in [-0.25, -0.2) is 4.98 Å². The van der Waals surface area contributed by atoms with Crippen LogP contribution < -0.4 is 10.6 Å². The van der Waals surface area contributed by atoms with Gasteiger partial charge in [-0.15, -0.1) is 0 Å². The highest BCUT2D eigenvalue weighted by molar-refractivity contribution is 7.80. The van der Waals surface area contributed by atoms with Gasteiger partial charge in [0.2, 0.25) is 0 Å². The van der Waals surface area contributed by atoms with E-state index in [-0.39, 0.29) is 0 Å². The summed E-state index contributed by atoms with van der Waals surface area (Å²) in [6.07, 6.45) is 2.70. The van der Waals surface area contributed by atoms with Gasteiger partial charge in [-0.3, -0.25) is 0 Å². The fraction of sp³-hybridized carbons (Fsp3) is 0.200. The van der Waals surface area contributed by atoms with Gasteiger partial charge in [-0.05, 0) is 42.8 Å². The lowest BCUT2D eigenvalue weighted by Gasteiger charge is -2.11. The summed E-state index contributed by atoms with van der Waals surface area (Å²) in [5, 5.41) is 6.90. The highest BCUT2D eigenvalue weighted by Crippen LogP contribution is 2.08. The standard InChI is InChI=1S/C15H17N3S/c1-12-6-5-10-16-14(12)18-15(19)17-11-9-13-7-3-2-4-8-13/h2-8,10H,9,11H2,1H3,(H2,16,17,18,19). The second kappa shape index (κ2) is 6.85. The number of rotatable bonds is 4. The summed E-state index contributed by atoms with van der Waals surface area (Å²) in [5.74, 6) is 0.805. The number of nitrogens with one attached hydrogen (secondary N) is 2. The zero-order valence-corrected chi connectivity index (χ0v) is 11.7. The number of benzene rings is 1. The van der Waals surface area contributed by atoms with Crippen LogP contribution in [0.5, 0.6) is 0 Å². The van der Waals surface area contributed by atoms with Gasteiger partial charge in [-0.1, -0.05) is 36.4 Å². The van der Waals surface area contributed by atoms with Gasteiger partial charge >= 0.3 is 0 Å². The molecule has 0 amide bonds. The Balaban J connectivity index is 1.78. The third kappa shape index (κ3) is 4.34. The molecule has 2 rings (SSSR count). The molecule has 0 atom stereocenters. The third-order valence-corrected chi connectivity index (χ3v) is 3.03. The van der Waals surface area contributed by atoms with Gasteiger partial charge < -0.3 is 10.6 Å². The van der Waals surface area contributed by atoms with Crippen molar-refractivity contribution < 1.29 is 0 Å². The smallest absolute Gasteiger partial charge is 0.171 e. The average Bonchev–Trinajstić information content (AvgIpc) is 2.43. The Labute approximate surface area is 119 Å². The van der Waals surface area contributed by atoms with Crippen LogP contribution in [-0.4, -0.2) is 16.6 Å². The van der Waals surface area contributed by atoms with E-state index in [9.17, 15) is 0 Å². The van der Waals surface area contributed by atoms with Crippen molar-refractivity contribution in [2.24, 2.45) is 0 Å². The monoisotopic (exact) mass is 271 g/mol. The van der Waals surface area contributed by atoms with Crippen LogP contribution in [-0.2, 0) is 6.42 Å². The third-order valence-electron chi connectivity index (χ3n) is 2.78. The molecule has 0 aliphatic rings. The lowest BCUT2D eigenvalue weighted by atomic mass is 10.1. The Bertz CT molecular complexity index is 540. The molecule has 0 bridgehead atoms. The van der Waals surface area contributed by atoms with Gasteiger partial charge in [0.25, 0.3) is 0 Å². The zero-order chi connectivity index (χ0) is 13.5. The molecular formula is C15H17N3S. The Kier molecular flexibility index (Phi) is 4.86. The number of pyridine rings is 1. The SMILES string of the molecule is Cc1cccnc1NC(=S)NCCc1ccccc1. The largest absolute Gasteiger partial charge is 0.362 e. The highest BCUT2D eigenvalue weighted by atomic mass is 32.1. The number of aromatic nitrogens is 1. The van der Waals surface area contributed by atoms with Crippen LogP contribution in [0.4, 0.5) is 5.82 Å². The first-order valence-electron chi connectivity index (χ1n) is 6.26. The molecule has 0 fully saturated rings. The van der Waals surface area contributed by atoms with Crippen LogP contribution in [0.15, 0.2) is 48.7 Å². The van der Waals surface area contributed by atoms with Crippen LogP contribution in [0.1, 0.15) is 11.1 Å². The minimum atomic E-state index is 0.609. The van der Waals surface area contributed by atoms with Crippen molar-refractivity contribution in [3.05, 3.63) is 59.8 Å². The number of thiocarbonyl (C=S) groups is 1. The summed E-state index contributed by atoms with van der Waals surface area (Å²) < 4.78 is 0. The van der Waals surface area contributed by atoms with E-state index in [1.165, 1.54) is 5.56 Å². The first kappa shape index (κ1) is 13.5. The highest BCUT2D eigenvalue weighted by Gasteiger charge is 2.01. The molecule has 3 nitrogen and oxygen atoms in total. The summed E-state index contributed by atoms with van der Waals surface area (Å²) >= 11 is 5.25. The molecule has 19 heavy (non-hydrogen) atoms. The van der Waals surface area contributed by atoms with E-state index in [1.54, 1.807) is 6.20 Å². The molecule has 1 aromatic heterocycles. The maximum atomic E-state index is 5.25. The Hall–Kier alpha value is -1.94. The van der Waals surface area contributed by atoms with Crippen molar-refractivity contribution in [2.75, 3.05) is 11.9 Å². The normalized spacial score (nSPS) is 9.95. The van der Waals surface area contributed by atoms with E-state index in [0.29, 0.717) is 5.11 Å². The molecule has 0 aliphatic heterocycles. The molecular weight excluding hydrogens is 254 g/mol. The lowest BCUT2D eigenvalue weighted by Crippen LogP contribution is -2.30. The average molecular weight is 271 g/mol. The van der Waals surface area contributed by atoms with E-state index in [2.05, 4.69) is 27.8 Å². The summed E-state index contributed by atoms with van der Waals surface area (Å²) in [5.41, 5.74) is 2.38.